The number of rotatable bonds is 4. The molecule has 0 amide bonds. The van der Waals surface area contributed by atoms with E-state index in [1.165, 1.54) is 0 Å². The van der Waals surface area contributed by atoms with Crippen molar-refractivity contribution in [1.82, 2.24) is 0 Å². The molecule has 2 aliphatic rings. The zero-order valence-electron chi connectivity index (χ0n) is 18.8. The summed E-state index contributed by atoms with van der Waals surface area (Å²) in [6, 6.07) is 23.6. The first kappa shape index (κ1) is 21.6. The third-order valence-electron chi connectivity index (χ3n) is 6.23. The van der Waals surface area contributed by atoms with E-state index in [9.17, 15) is 4.79 Å². The van der Waals surface area contributed by atoms with Crippen molar-refractivity contribution < 1.29 is 9.53 Å². The summed E-state index contributed by atoms with van der Waals surface area (Å²) in [7, 11) is 0. The normalized spacial score (nSPS) is 19.0. The second-order valence-corrected chi connectivity index (χ2v) is 10.0. The van der Waals surface area contributed by atoms with Gasteiger partial charge in [0.25, 0.3) is 0 Å². The van der Waals surface area contributed by atoms with Gasteiger partial charge in [-0.25, -0.2) is 0 Å². The molecule has 1 aliphatic heterocycles. The molecule has 0 bridgehead atoms. The summed E-state index contributed by atoms with van der Waals surface area (Å²) in [5.74, 6) is 0.969. The third kappa shape index (κ3) is 4.62. The summed E-state index contributed by atoms with van der Waals surface area (Å²) < 4.78 is 5.96. The first-order valence-corrected chi connectivity index (χ1v) is 11.6. The number of benzene rings is 3. The Morgan fingerprint density at radius 2 is 1.73 bits per heavy atom. The minimum Gasteiger partial charge on any atom is -0.489 e. The molecule has 33 heavy (non-hydrogen) atoms. The van der Waals surface area contributed by atoms with E-state index in [0.29, 0.717) is 18.1 Å². The average molecular weight is 459 g/mol. The van der Waals surface area contributed by atoms with E-state index in [4.69, 9.17) is 16.3 Å². The van der Waals surface area contributed by atoms with E-state index in [1.807, 2.05) is 72.8 Å². The summed E-state index contributed by atoms with van der Waals surface area (Å²) in [6.07, 6.45) is 1.38. The lowest BCUT2D eigenvalue weighted by Gasteiger charge is -2.34. The van der Waals surface area contributed by atoms with E-state index < -0.39 is 0 Å². The van der Waals surface area contributed by atoms with Crippen LogP contribution in [0.3, 0.4) is 0 Å². The molecule has 3 aromatic carbocycles. The lowest BCUT2D eigenvalue weighted by molar-refractivity contribution is -0.118. The van der Waals surface area contributed by atoms with Crippen molar-refractivity contribution in [3.05, 3.63) is 100 Å². The van der Waals surface area contributed by atoms with Crippen LogP contribution in [0.4, 0.5) is 11.4 Å². The van der Waals surface area contributed by atoms with Gasteiger partial charge in [0.2, 0.25) is 0 Å². The highest BCUT2D eigenvalue weighted by atomic mass is 35.5. The van der Waals surface area contributed by atoms with Gasteiger partial charge in [-0.15, -0.1) is 0 Å². The number of para-hydroxylation sites is 2. The van der Waals surface area contributed by atoms with Gasteiger partial charge in [0, 0.05) is 22.7 Å². The van der Waals surface area contributed by atoms with E-state index >= 15 is 0 Å². The number of ketones is 1. The Labute approximate surface area is 199 Å². The lowest BCUT2D eigenvalue weighted by atomic mass is 9.73. The first-order valence-electron chi connectivity index (χ1n) is 11.2. The van der Waals surface area contributed by atoms with Crippen LogP contribution < -0.4 is 15.4 Å². The van der Waals surface area contributed by atoms with Crippen molar-refractivity contribution in [1.29, 1.82) is 0 Å². The van der Waals surface area contributed by atoms with Crippen molar-refractivity contribution in [3.63, 3.8) is 0 Å². The van der Waals surface area contributed by atoms with Crippen LogP contribution in [0.1, 0.15) is 43.9 Å². The first-order chi connectivity index (χ1) is 15.9. The number of hydrogen-bond donors (Lipinski definition) is 2. The molecule has 2 N–H and O–H groups in total. The number of ether oxygens (including phenoxy) is 1. The Hall–Kier alpha value is -3.24. The summed E-state index contributed by atoms with van der Waals surface area (Å²) in [4.78, 5) is 13.3. The van der Waals surface area contributed by atoms with Gasteiger partial charge in [0.05, 0.1) is 17.4 Å². The van der Waals surface area contributed by atoms with Gasteiger partial charge in [-0.05, 0) is 59.4 Å². The highest BCUT2D eigenvalue weighted by Crippen LogP contribution is 2.45. The quantitative estimate of drug-likeness (QED) is 0.436. The van der Waals surface area contributed by atoms with Crippen LogP contribution in [0.25, 0.3) is 0 Å². The number of nitrogens with one attached hydrogen (secondary N) is 2. The van der Waals surface area contributed by atoms with Crippen LogP contribution in [-0.2, 0) is 11.4 Å². The number of anilines is 2. The molecule has 4 nitrogen and oxygen atoms in total. The number of hydrogen-bond acceptors (Lipinski definition) is 4. The van der Waals surface area contributed by atoms with Crippen molar-refractivity contribution in [3.8, 4) is 5.75 Å². The van der Waals surface area contributed by atoms with E-state index in [0.717, 1.165) is 45.9 Å². The van der Waals surface area contributed by atoms with Gasteiger partial charge in [-0.1, -0.05) is 61.8 Å². The van der Waals surface area contributed by atoms with Gasteiger partial charge in [-0.3, -0.25) is 4.79 Å². The maximum Gasteiger partial charge on any atom is 0.163 e. The van der Waals surface area contributed by atoms with Gasteiger partial charge in [0.15, 0.2) is 5.78 Å². The summed E-state index contributed by atoms with van der Waals surface area (Å²) >= 11 is 6.07. The fourth-order valence-electron chi connectivity index (χ4n) is 4.69. The van der Waals surface area contributed by atoms with Gasteiger partial charge >= 0.3 is 0 Å². The van der Waals surface area contributed by atoms with Crippen LogP contribution in [0.2, 0.25) is 5.02 Å². The van der Waals surface area contributed by atoms with Gasteiger partial charge in [0.1, 0.15) is 12.4 Å². The molecule has 0 aromatic heterocycles. The van der Waals surface area contributed by atoms with Crippen LogP contribution in [0.5, 0.6) is 5.75 Å². The molecule has 1 aliphatic carbocycles. The van der Waals surface area contributed by atoms with Crippen molar-refractivity contribution in [2.24, 2.45) is 5.41 Å². The Kier molecular flexibility index (Phi) is 5.63. The Balaban J connectivity index is 1.44. The average Bonchev–Trinajstić information content (AvgIpc) is 2.94. The molecule has 168 valence electrons. The van der Waals surface area contributed by atoms with Gasteiger partial charge < -0.3 is 15.4 Å². The SMILES string of the molecule is CC1(C)CC(=O)C2=C(C1)Nc1ccccc1N[C@H]2c1ccc(OCc2cccc(Cl)c2)cc1. The monoisotopic (exact) mass is 458 g/mol. The zero-order valence-corrected chi connectivity index (χ0v) is 19.6. The molecule has 5 heteroatoms. The Morgan fingerprint density at radius 1 is 0.970 bits per heavy atom. The molecule has 0 spiro atoms. The topological polar surface area (TPSA) is 50.4 Å². The van der Waals surface area contributed by atoms with Crippen molar-refractivity contribution in [2.45, 2.75) is 39.3 Å². The van der Waals surface area contributed by atoms with Crippen LogP contribution >= 0.6 is 11.6 Å². The third-order valence-corrected chi connectivity index (χ3v) is 6.46. The summed E-state index contributed by atoms with van der Waals surface area (Å²) in [5, 5.41) is 7.88. The van der Waals surface area contributed by atoms with Gasteiger partial charge in [-0.2, -0.15) is 0 Å². The summed E-state index contributed by atoms with van der Waals surface area (Å²) in [6.45, 7) is 4.75. The van der Waals surface area contributed by atoms with Crippen molar-refractivity contribution in [2.75, 3.05) is 10.6 Å². The summed E-state index contributed by atoms with van der Waals surface area (Å²) in [5.41, 5.74) is 5.82. The molecule has 1 heterocycles. The largest absolute Gasteiger partial charge is 0.489 e. The smallest absolute Gasteiger partial charge is 0.163 e. The molecule has 0 fully saturated rings. The molecule has 5 rings (SSSR count). The maximum atomic E-state index is 13.3. The number of carbonyl (C=O) groups is 1. The molecule has 0 radical (unpaired) electrons. The highest BCUT2D eigenvalue weighted by molar-refractivity contribution is 6.30. The maximum absolute atomic E-state index is 13.3. The Bertz CT molecular complexity index is 1230. The second kappa shape index (κ2) is 8.60. The minimum absolute atomic E-state index is 0.0647. The van der Waals surface area contributed by atoms with E-state index in [2.05, 4.69) is 24.5 Å². The molecule has 1 atom stereocenters. The minimum atomic E-state index is -0.221. The molecular formula is C28H27ClN2O2. The lowest BCUT2D eigenvalue weighted by Crippen LogP contribution is -2.31. The predicted octanol–water partition coefficient (Wildman–Crippen LogP) is 7.14. The van der Waals surface area contributed by atoms with Crippen LogP contribution in [-0.4, -0.2) is 5.78 Å². The molecule has 0 unspecified atom stereocenters. The van der Waals surface area contributed by atoms with Crippen molar-refractivity contribution >= 4 is 28.8 Å². The molecular weight excluding hydrogens is 432 g/mol. The molecule has 0 saturated carbocycles. The number of allylic oxidation sites excluding steroid dienone is 1. The Morgan fingerprint density at radius 3 is 2.48 bits per heavy atom. The predicted molar refractivity (Wildman–Crippen MR) is 134 cm³/mol. The van der Waals surface area contributed by atoms with Crippen LogP contribution in [0.15, 0.2) is 84.1 Å². The highest BCUT2D eigenvalue weighted by Gasteiger charge is 2.38. The molecule has 0 saturated heterocycles. The number of fused-ring (bicyclic) bond motifs is 1. The van der Waals surface area contributed by atoms with Crippen LogP contribution in [0, 0.1) is 5.41 Å². The zero-order chi connectivity index (χ0) is 23.0. The second-order valence-electron chi connectivity index (χ2n) is 9.57. The van der Waals surface area contributed by atoms with E-state index in [-0.39, 0.29) is 17.2 Å². The number of carbonyl (C=O) groups excluding carboxylic acids is 1. The number of halogens is 1. The fourth-order valence-corrected chi connectivity index (χ4v) is 4.90. The molecule has 3 aromatic rings. The number of Topliss-reactive ketones (excluding diaryl/α,β-unsaturated/α-hetero) is 1. The standard InChI is InChI=1S/C28H27ClN2O2/c1-28(2)15-24-26(25(32)16-28)27(31-23-9-4-3-8-22(23)30-24)19-10-12-21(13-11-19)33-17-18-6-5-7-20(29)14-18/h3-14,27,30-31H,15-17H2,1-2H3/t27-/m0/s1. The fraction of sp³-hybridized carbons (Fsp3) is 0.250. The van der Waals surface area contributed by atoms with E-state index in [1.54, 1.807) is 0 Å².